The lowest BCUT2D eigenvalue weighted by atomic mass is 9.99. The normalized spacial score (nSPS) is 18.4. The van der Waals surface area contributed by atoms with Crippen LogP contribution in [0, 0.1) is 0 Å². The van der Waals surface area contributed by atoms with E-state index in [-0.39, 0.29) is 12.4 Å². The summed E-state index contributed by atoms with van der Waals surface area (Å²) in [4.78, 5) is 9.19. The number of hydrogen-bond donors (Lipinski definition) is 1. The van der Waals surface area contributed by atoms with Gasteiger partial charge in [0.1, 0.15) is 5.82 Å². The molecule has 0 unspecified atom stereocenters. The van der Waals surface area contributed by atoms with E-state index in [0.29, 0.717) is 28.5 Å². The molecule has 9 heteroatoms. The summed E-state index contributed by atoms with van der Waals surface area (Å²) in [5, 5.41) is 9.36. The zero-order valence-electron chi connectivity index (χ0n) is 14.6. The molecule has 142 valence electrons. The van der Waals surface area contributed by atoms with Crippen LogP contribution in [0.1, 0.15) is 56.1 Å². The van der Waals surface area contributed by atoms with Crippen LogP contribution in [0.3, 0.4) is 0 Å². The van der Waals surface area contributed by atoms with Crippen molar-refractivity contribution in [3.8, 4) is 17.4 Å². The lowest BCUT2D eigenvalue weighted by Gasteiger charge is -2.17. The van der Waals surface area contributed by atoms with E-state index in [9.17, 15) is 0 Å². The Morgan fingerprint density at radius 3 is 2.59 bits per heavy atom. The molecule has 2 N–H and O–H groups in total. The van der Waals surface area contributed by atoms with E-state index >= 15 is 0 Å². The highest BCUT2D eigenvalue weighted by atomic mass is 35.5. The maximum Gasteiger partial charge on any atom is 0.297 e. The number of para-hydroxylation sites is 1. The van der Waals surface area contributed by atoms with Gasteiger partial charge >= 0.3 is 0 Å². The molecule has 5 rings (SSSR count). The molecule has 2 fully saturated rings. The van der Waals surface area contributed by atoms with Crippen LogP contribution in [-0.4, -0.2) is 24.9 Å². The number of aromatic nitrogens is 5. The number of hydrogen-bond acceptors (Lipinski definition) is 6. The van der Waals surface area contributed by atoms with E-state index < -0.39 is 5.54 Å². The summed E-state index contributed by atoms with van der Waals surface area (Å²) in [6.07, 6.45) is 6.13. The van der Waals surface area contributed by atoms with Gasteiger partial charge in [0.2, 0.25) is 5.82 Å². The molecule has 7 nitrogen and oxygen atoms in total. The first-order chi connectivity index (χ1) is 12.6. The minimum absolute atomic E-state index is 0. The van der Waals surface area contributed by atoms with Crippen LogP contribution >= 0.6 is 24.0 Å². The SMILES string of the molecule is Cl.NC1(c2noc(-c3nc(C4CC4)n(-c4ccccc4Cl)n3)n2)CCCC1. The van der Waals surface area contributed by atoms with E-state index in [0.717, 1.165) is 50.0 Å². The predicted octanol–water partition coefficient (Wildman–Crippen LogP) is 4.00. The number of benzene rings is 1. The van der Waals surface area contributed by atoms with Gasteiger partial charge in [-0.05, 0) is 37.8 Å². The van der Waals surface area contributed by atoms with Crippen molar-refractivity contribution in [2.45, 2.75) is 50.0 Å². The van der Waals surface area contributed by atoms with Crippen molar-refractivity contribution in [1.82, 2.24) is 24.9 Å². The zero-order chi connectivity index (χ0) is 17.7. The quantitative estimate of drug-likeness (QED) is 0.703. The van der Waals surface area contributed by atoms with Crippen molar-refractivity contribution in [2.75, 3.05) is 0 Å². The summed E-state index contributed by atoms with van der Waals surface area (Å²) in [6, 6.07) is 7.60. The smallest absolute Gasteiger partial charge is 0.297 e. The lowest BCUT2D eigenvalue weighted by Crippen LogP contribution is -2.34. The monoisotopic (exact) mass is 406 g/mol. The molecule has 2 saturated carbocycles. The van der Waals surface area contributed by atoms with Crippen LogP contribution in [-0.2, 0) is 5.54 Å². The second-order valence-corrected chi connectivity index (χ2v) is 7.62. The molecule has 0 amide bonds. The first kappa shape index (κ1) is 18.4. The van der Waals surface area contributed by atoms with Crippen molar-refractivity contribution >= 4 is 24.0 Å². The average molecular weight is 407 g/mol. The molecule has 2 aliphatic carbocycles. The Hall–Kier alpha value is -1.96. The molecule has 1 aromatic carbocycles. The Morgan fingerprint density at radius 1 is 1.15 bits per heavy atom. The Kier molecular flexibility index (Phi) is 4.70. The molecule has 3 aromatic rings. The van der Waals surface area contributed by atoms with Gasteiger partial charge in [-0.1, -0.05) is 41.7 Å². The molecule has 0 saturated heterocycles. The van der Waals surface area contributed by atoms with Crippen molar-refractivity contribution < 1.29 is 4.52 Å². The Bertz CT molecular complexity index is 958. The van der Waals surface area contributed by atoms with Gasteiger partial charge in [0.05, 0.1) is 16.2 Å². The molecular weight excluding hydrogens is 387 g/mol. The average Bonchev–Trinajstić information content (AvgIpc) is 3.04. The number of rotatable bonds is 4. The van der Waals surface area contributed by atoms with E-state index in [4.69, 9.17) is 21.9 Å². The van der Waals surface area contributed by atoms with Crippen molar-refractivity contribution in [3.63, 3.8) is 0 Å². The van der Waals surface area contributed by atoms with E-state index in [1.807, 2.05) is 24.3 Å². The van der Waals surface area contributed by atoms with Gasteiger partial charge in [-0.2, -0.15) is 4.98 Å². The second kappa shape index (κ2) is 6.89. The fraction of sp³-hybridized carbons (Fsp3) is 0.444. The summed E-state index contributed by atoms with van der Waals surface area (Å²) >= 11 is 6.36. The summed E-state index contributed by atoms with van der Waals surface area (Å²) in [5.41, 5.74) is 6.74. The van der Waals surface area contributed by atoms with Crippen LogP contribution in [0.25, 0.3) is 17.4 Å². The number of halogens is 2. The molecule has 2 aliphatic rings. The standard InChI is InChI=1S/C18H19ClN6O.ClH/c19-12-5-1-2-6-13(12)25-15(11-7-8-11)21-14(23-25)16-22-17(24-26-16)18(20)9-3-4-10-18;/h1-2,5-6,11H,3-4,7-10,20H2;1H. The Balaban J connectivity index is 0.00000180. The summed E-state index contributed by atoms with van der Waals surface area (Å²) in [6.45, 7) is 0. The first-order valence-corrected chi connectivity index (χ1v) is 9.37. The number of nitrogens with two attached hydrogens (primary N) is 1. The molecular formula is C18H20Cl2N6O. The van der Waals surface area contributed by atoms with E-state index in [2.05, 4.69) is 20.2 Å². The Labute approximate surface area is 167 Å². The first-order valence-electron chi connectivity index (χ1n) is 8.99. The topological polar surface area (TPSA) is 95.7 Å². The minimum Gasteiger partial charge on any atom is -0.330 e. The van der Waals surface area contributed by atoms with Gasteiger partial charge in [0.15, 0.2) is 5.82 Å². The van der Waals surface area contributed by atoms with Crippen LogP contribution in [0.5, 0.6) is 0 Å². The van der Waals surface area contributed by atoms with E-state index in [1.165, 1.54) is 0 Å². The van der Waals surface area contributed by atoms with Gasteiger partial charge in [0, 0.05) is 5.92 Å². The van der Waals surface area contributed by atoms with Crippen LogP contribution in [0.15, 0.2) is 28.8 Å². The largest absolute Gasteiger partial charge is 0.330 e. The van der Waals surface area contributed by atoms with Gasteiger partial charge in [0.25, 0.3) is 5.89 Å². The van der Waals surface area contributed by atoms with Crippen LogP contribution in [0.2, 0.25) is 5.02 Å². The van der Waals surface area contributed by atoms with Gasteiger partial charge < -0.3 is 10.3 Å². The predicted molar refractivity (Wildman–Crippen MR) is 103 cm³/mol. The molecule has 0 radical (unpaired) electrons. The Morgan fingerprint density at radius 2 is 1.89 bits per heavy atom. The summed E-state index contributed by atoms with van der Waals surface area (Å²) < 4.78 is 7.25. The van der Waals surface area contributed by atoms with E-state index in [1.54, 1.807) is 4.68 Å². The highest BCUT2D eigenvalue weighted by Crippen LogP contribution is 2.41. The van der Waals surface area contributed by atoms with Crippen LogP contribution in [0.4, 0.5) is 0 Å². The van der Waals surface area contributed by atoms with Gasteiger partial charge in [-0.3, -0.25) is 0 Å². The van der Waals surface area contributed by atoms with Crippen molar-refractivity contribution in [3.05, 3.63) is 40.9 Å². The molecule has 0 spiro atoms. The van der Waals surface area contributed by atoms with Gasteiger partial charge in [-0.15, -0.1) is 17.5 Å². The molecule has 2 aromatic heterocycles. The van der Waals surface area contributed by atoms with Crippen LogP contribution < -0.4 is 5.73 Å². The van der Waals surface area contributed by atoms with Gasteiger partial charge in [-0.25, -0.2) is 9.67 Å². The molecule has 27 heavy (non-hydrogen) atoms. The van der Waals surface area contributed by atoms with Crippen molar-refractivity contribution in [1.29, 1.82) is 0 Å². The lowest BCUT2D eigenvalue weighted by molar-refractivity contribution is 0.372. The molecule has 0 aliphatic heterocycles. The summed E-state index contributed by atoms with van der Waals surface area (Å²) in [7, 11) is 0. The molecule has 2 heterocycles. The fourth-order valence-corrected chi connectivity index (χ4v) is 3.78. The molecule has 0 bridgehead atoms. The third-order valence-corrected chi connectivity index (χ3v) is 5.53. The minimum atomic E-state index is -0.494. The third-order valence-electron chi connectivity index (χ3n) is 5.21. The number of nitrogens with zero attached hydrogens (tertiary/aromatic N) is 5. The second-order valence-electron chi connectivity index (χ2n) is 7.22. The maximum absolute atomic E-state index is 6.43. The molecule has 0 atom stereocenters. The fourth-order valence-electron chi connectivity index (χ4n) is 3.57. The zero-order valence-corrected chi connectivity index (χ0v) is 16.2. The maximum atomic E-state index is 6.43. The van der Waals surface area contributed by atoms with Crippen molar-refractivity contribution in [2.24, 2.45) is 5.73 Å². The third kappa shape index (κ3) is 3.24. The highest BCUT2D eigenvalue weighted by molar-refractivity contribution is 6.32. The highest BCUT2D eigenvalue weighted by Gasteiger charge is 2.37. The summed E-state index contributed by atoms with van der Waals surface area (Å²) in [5.74, 6) is 2.56.